The highest BCUT2D eigenvalue weighted by atomic mass is 35.5. The van der Waals surface area contributed by atoms with E-state index in [2.05, 4.69) is 15.1 Å². The topological polar surface area (TPSA) is 93.1 Å². The first-order chi connectivity index (χ1) is 11.5. The van der Waals surface area contributed by atoms with Crippen molar-refractivity contribution < 1.29 is 8.42 Å². The van der Waals surface area contributed by atoms with E-state index in [0.717, 1.165) is 10.9 Å². The SMILES string of the molecule is CC(C)(CNc1cnn(-c2ccc(Cl)cc2)c(=O)c1Cl)NS(C)(=O)=O. The molecule has 25 heavy (non-hydrogen) atoms. The van der Waals surface area contributed by atoms with Crippen LogP contribution in [0.1, 0.15) is 13.8 Å². The van der Waals surface area contributed by atoms with Crippen molar-refractivity contribution in [1.82, 2.24) is 14.5 Å². The Bertz CT molecular complexity index is 925. The number of anilines is 1. The molecule has 0 radical (unpaired) electrons. The van der Waals surface area contributed by atoms with Gasteiger partial charge in [0.15, 0.2) is 0 Å². The molecule has 2 aromatic rings. The molecule has 2 rings (SSSR count). The lowest BCUT2D eigenvalue weighted by atomic mass is 10.1. The van der Waals surface area contributed by atoms with E-state index >= 15 is 0 Å². The van der Waals surface area contributed by atoms with Gasteiger partial charge in [0, 0.05) is 17.1 Å². The summed E-state index contributed by atoms with van der Waals surface area (Å²) in [5.74, 6) is 0. The fraction of sp³-hybridized carbons (Fsp3) is 0.333. The van der Waals surface area contributed by atoms with E-state index in [9.17, 15) is 13.2 Å². The molecule has 2 N–H and O–H groups in total. The predicted molar refractivity (Wildman–Crippen MR) is 100 cm³/mol. The Morgan fingerprint density at radius 2 is 1.80 bits per heavy atom. The van der Waals surface area contributed by atoms with Crippen molar-refractivity contribution in [2.75, 3.05) is 18.1 Å². The zero-order valence-corrected chi connectivity index (χ0v) is 16.2. The summed E-state index contributed by atoms with van der Waals surface area (Å²) in [4.78, 5) is 12.4. The van der Waals surface area contributed by atoms with Crippen LogP contribution >= 0.6 is 23.2 Å². The molecule has 0 fully saturated rings. The van der Waals surface area contributed by atoms with E-state index in [1.165, 1.54) is 6.20 Å². The van der Waals surface area contributed by atoms with Crippen molar-refractivity contribution in [2.24, 2.45) is 0 Å². The number of sulfonamides is 1. The maximum Gasteiger partial charge on any atom is 0.292 e. The van der Waals surface area contributed by atoms with E-state index in [0.29, 0.717) is 16.4 Å². The predicted octanol–water partition coefficient (Wildman–Crippen LogP) is 2.28. The molecule has 0 spiro atoms. The van der Waals surface area contributed by atoms with Gasteiger partial charge in [-0.25, -0.2) is 13.1 Å². The normalized spacial score (nSPS) is 12.2. The molecule has 0 bridgehead atoms. The number of benzene rings is 1. The number of hydrogen-bond donors (Lipinski definition) is 2. The van der Waals surface area contributed by atoms with Crippen LogP contribution in [0.25, 0.3) is 5.69 Å². The lowest BCUT2D eigenvalue weighted by molar-refractivity contribution is 0.476. The van der Waals surface area contributed by atoms with Crippen LogP contribution in [0.15, 0.2) is 35.3 Å². The number of halogens is 2. The minimum absolute atomic E-state index is 0.0416. The van der Waals surface area contributed by atoms with Crippen molar-refractivity contribution in [1.29, 1.82) is 0 Å². The van der Waals surface area contributed by atoms with Crippen molar-refractivity contribution in [2.45, 2.75) is 19.4 Å². The highest BCUT2D eigenvalue weighted by molar-refractivity contribution is 7.88. The quantitative estimate of drug-likeness (QED) is 0.769. The van der Waals surface area contributed by atoms with Gasteiger partial charge in [0.2, 0.25) is 10.0 Å². The third kappa shape index (κ3) is 5.43. The van der Waals surface area contributed by atoms with Gasteiger partial charge < -0.3 is 5.32 Å². The molecule has 0 saturated carbocycles. The lowest BCUT2D eigenvalue weighted by Crippen LogP contribution is -2.47. The summed E-state index contributed by atoms with van der Waals surface area (Å²) in [6.45, 7) is 3.63. The van der Waals surface area contributed by atoms with Crippen LogP contribution in [0.5, 0.6) is 0 Å². The van der Waals surface area contributed by atoms with Gasteiger partial charge in [-0.05, 0) is 38.1 Å². The third-order valence-electron chi connectivity index (χ3n) is 3.17. The van der Waals surface area contributed by atoms with Crippen LogP contribution in [0.4, 0.5) is 5.69 Å². The molecule has 1 aromatic carbocycles. The van der Waals surface area contributed by atoms with Crippen LogP contribution in [-0.2, 0) is 10.0 Å². The summed E-state index contributed by atoms with van der Waals surface area (Å²) >= 11 is 12.0. The van der Waals surface area contributed by atoms with E-state index < -0.39 is 21.1 Å². The van der Waals surface area contributed by atoms with E-state index in [1.807, 2.05) is 0 Å². The zero-order chi connectivity index (χ0) is 18.8. The summed E-state index contributed by atoms with van der Waals surface area (Å²) < 4.78 is 26.4. The Kier molecular flexibility index (Phi) is 5.78. The smallest absolute Gasteiger partial charge is 0.292 e. The van der Waals surface area contributed by atoms with Gasteiger partial charge in [-0.1, -0.05) is 23.2 Å². The molecule has 0 atom stereocenters. The molecule has 0 amide bonds. The molecule has 0 saturated heterocycles. The Morgan fingerprint density at radius 3 is 2.36 bits per heavy atom. The Hall–Kier alpha value is -1.61. The number of aromatic nitrogens is 2. The van der Waals surface area contributed by atoms with Crippen LogP contribution in [0.3, 0.4) is 0 Å². The van der Waals surface area contributed by atoms with Crippen LogP contribution < -0.4 is 15.6 Å². The van der Waals surface area contributed by atoms with Gasteiger partial charge in [-0.15, -0.1) is 0 Å². The monoisotopic (exact) mass is 404 g/mol. The first kappa shape index (κ1) is 19.7. The van der Waals surface area contributed by atoms with Crippen molar-refractivity contribution in [3.8, 4) is 5.69 Å². The average Bonchev–Trinajstić information content (AvgIpc) is 2.47. The standard InChI is InChI=1S/C15H18Cl2N4O3S/c1-15(2,20-25(3,23)24)9-18-12-8-19-21(14(22)13(12)17)11-6-4-10(16)5-7-11/h4-8,18,20H,9H2,1-3H3. The first-order valence-corrected chi connectivity index (χ1v) is 9.90. The maximum atomic E-state index is 12.4. The minimum atomic E-state index is -3.37. The van der Waals surface area contributed by atoms with Crippen LogP contribution in [0, 0.1) is 0 Å². The molecule has 0 aliphatic heterocycles. The Morgan fingerprint density at radius 1 is 1.20 bits per heavy atom. The van der Waals surface area contributed by atoms with Crippen molar-refractivity contribution in [3.05, 3.63) is 50.9 Å². The van der Waals surface area contributed by atoms with Gasteiger partial charge in [-0.3, -0.25) is 4.79 Å². The molecule has 0 aliphatic carbocycles. The van der Waals surface area contributed by atoms with Crippen molar-refractivity contribution >= 4 is 38.9 Å². The molecule has 1 aromatic heterocycles. The average molecular weight is 405 g/mol. The third-order valence-corrected chi connectivity index (χ3v) is 4.71. The summed E-state index contributed by atoms with van der Waals surface area (Å²) in [5.41, 5.74) is -0.424. The van der Waals surface area contributed by atoms with Crippen LogP contribution in [0.2, 0.25) is 10.0 Å². The molecular weight excluding hydrogens is 387 g/mol. The number of nitrogens with zero attached hydrogens (tertiary/aromatic N) is 2. The highest BCUT2D eigenvalue weighted by Gasteiger charge is 2.22. The maximum absolute atomic E-state index is 12.4. The summed E-state index contributed by atoms with van der Waals surface area (Å²) in [6.07, 6.45) is 2.49. The summed E-state index contributed by atoms with van der Waals surface area (Å²) in [7, 11) is -3.37. The van der Waals surface area contributed by atoms with Crippen molar-refractivity contribution in [3.63, 3.8) is 0 Å². The van der Waals surface area contributed by atoms with E-state index in [-0.39, 0.29) is 11.6 Å². The van der Waals surface area contributed by atoms with Gasteiger partial charge >= 0.3 is 0 Å². The van der Waals surface area contributed by atoms with E-state index in [1.54, 1.807) is 38.1 Å². The molecule has 7 nitrogen and oxygen atoms in total. The Balaban J connectivity index is 2.23. The fourth-order valence-corrected chi connectivity index (χ4v) is 3.57. The molecule has 10 heteroatoms. The number of rotatable bonds is 6. The molecule has 136 valence electrons. The lowest BCUT2D eigenvalue weighted by Gasteiger charge is -2.26. The Labute approximate surface area is 156 Å². The molecule has 1 heterocycles. The van der Waals surface area contributed by atoms with Gasteiger partial charge in [0.25, 0.3) is 5.56 Å². The minimum Gasteiger partial charge on any atom is -0.381 e. The summed E-state index contributed by atoms with van der Waals surface area (Å²) in [6, 6.07) is 6.59. The second kappa shape index (κ2) is 7.33. The number of hydrogen-bond acceptors (Lipinski definition) is 5. The highest BCUT2D eigenvalue weighted by Crippen LogP contribution is 2.18. The van der Waals surface area contributed by atoms with Gasteiger partial charge in [0.1, 0.15) is 5.02 Å². The van der Waals surface area contributed by atoms with Gasteiger partial charge in [0.05, 0.1) is 23.8 Å². The fourth-order valence-electron chi connectivity index (χ4n) is 2.18. The molecule has 0 unspecified atom stereocenters. The largest absolute Gasteiger partial charge is 0.381 e. The summed E-state index contributed by atoms with van der Waals surface area (Å²) in [5, 5.41) is 7.54. The molecular formula is C15H18Cl2N4O3S. The number of nitrogens with one attached hydrogen (secondary N) is 2. The second-order valence-electron chi connectivity index (χ2n) is 6.18. The first-order valence-electron chi connectivity index (χ1n) is 7.25. The molecule has 0 aliphatic rings. The zero-order valence-electron chi connectivity index (χ0n) is 13.9. The van der Waals surface area contributed by atoms with Crippen LogP contribution in [-0.4, -0.2) is 36.5 Å². The second-order valence-corrected chi connectivity index (χ2v) is 8.74. The van der Waals surface area contributed by atoms with Gasteiger partial charge in [-0.2, -0.15) is 9.78 Å². The van der Waals surface area contributed by atoms with E-state index in [4.69, 9.17) is 23.2 Å².